The van der Waals surface area contributed by atoms with Gasteiger partial charge in [0.1, 0.15) is 5.25 Å². The van der Waals surface area contributed by atoms with Gasteiger partial charge in [0, 0.05) is 37.6 Å². The third-order valence-electron chi connectivity index (χ3n) is 3.66. The second-order valence-corrected chi connectivity index (χ2v) is 6.83. The standard InChI is InChI=1S/C14H14FN3O3S/c15-22(20,21)13-7-14(19)18(9-13)12-3-1-11(2-4-12)8-17-6-5-16-10-17/h1-6,10,13H,7-9H2. The topological polar surface area (TPSA) is 72.3 Å². The first kappa shape index (κ1) is 14.7. The molecule has 1 aromatic carbocycles. The molecule has 6 nitrogen and oxygen atoms in total. The summed E-state index contributed by atoms with van der Waals surface area (Å²) in [6.07, 6.45) is 4.92. The number of amides is 1. The molecule has 0 N–H and O–H groups in total. The van der Waals surface area contributed by atoms with Gasteiger partial charge in [-0.2, -0.15) is 8.42 Å². The summed E-state index contributed by atoms with van der Waals surface area (Å²) in [7, 11) is -4.69. The van der Waals surface area contributed by atoms with Crippen molar-refractivity contribution in [2.24, 2.45) is 0 Å². The Bertz CT molecular complexity index is 772. The summed E-state index contributed by atoms with van der Waals surface area (Å²) in [5.74, 6) is -0.381. The predicted octanol–water partition coefficient (Wildman–Crippen LogP) is 1.34. The third-order valence-corrected chi connectivity index (χ3v) is 4.77. The maximum atomic E-state index is 13.0. The summed E-state index contributed by atoms with van der Waals surface area (Å²) in [4.78, 5) is 17.1. The largest absolute Gasteiger partial charge is 0.333 e. The average Bonchev–Trinajstić information content (AvgIpc) is 3.09. The minimum absolute atomic E-state index is 0.140. The fraction of sp³-hybridized carbons (Fsp3) is 0.286. The van der Waals surface area contributed by atoms with Crippen molar-refractivity contribution in [2.45, 2.75) is 18.2 Å². The Morgan fingerprint density at radius 2 is 2.00 bits per heavy atom. The van der Waals surface area contributed by atoms with Crippen LogP contribution in [0.1, 0.15) is 12.0 Å². The van der Waals surface area contributed by atoms with Crippen LogP contribution in [0.3, 0.4) is 0 Å². The van der Waals surface area contributed by atoms with E-state index in [2.05, 4.69) is 4.98 Å². The molecule has 3 rings (SSSR count). The predicted molar refractivity (Wildman–Crippen MR) is 78.6 cm³/mol. The number of anilines is 1. The lowest BCUT2D eigenvalue weighted by Gasteiger charge is -2.16. The van der Waals surface area contributed by atoms with Crippen LogP contribution in [0.25, 0.3) is 0 Å². The number of benzene rings is 1. The van der Waals surface area contributed by atoms with E-state index < -0.39 is 15.5 Å². The second kappa shape index (κ2) is 5.53. The van der Waals surface area contributed by atoms with Crippen LogP contribution >= 0.6 is 0 Å². The number of rotatable bonds is 4. The summed E-state index contributed by atoms with van der Waals surface area (Å²) in [5.41, 5.74) is 1.59. The van der Waals surface area contributed by atoms with Gasteiger partial charge in [-0.25, -0.2) is 4.98 Å². The maximum Gasteiger partial charge on any atom is 0.307 e. The van der Waals surface area contributed by atoms with Crippen molar-refractivity contribution < 1.29 is 17.1 Å². The molecule has 8 heteroatoms. The second-order valence-electron chi connectivity index (χ2n) is 5.21. The number of hydrogen-bond acceptors (Lipinski definition) is 4. The lowest BCUT2D eigenvalue weighted by molar-refractivity contribution is -0.117. The van der Waals surface area contributed by atoms with Crippen LogP contribution in [0.5, 0.6) is 0 Å². The molecule has 0 spiro atoms. The van der Waals surface area contributed by atoms with Crippen molar-refractivity contribution in [3.05, 3.63) is 48.5 Å². The van der Waals surface area contributed by atoms with Gasteiger partial charge in [-0.3, -0.25) is 4.79 Å². The van der Waals surface area contributed by atoms with Gasteiger partial charge in [-0.15, -0.1) is 3.89 Å². The Hall–Kier alpha value is -2.22. The molecule has 116 valence electrons. The Morgan fingerprint density at radius 1 is 1.27 bits per heavy atom. The molecular formula is C14H14FN3O3S. The van der Waals surface area contributed by atoms with Crippen LogP contribution in [0.4, 0.5) is 9.57 Å². The normalized spacial score (nSPS) is 18.9. The number of carbonyl (C=O) groups excluding carboxylic acids is 1. The van der Waals surface area contributed by atoms with E-state index in [1.807, 2.05) is 22.9 Å². The van der Waals surface area contributed by atoms with Gasteiger partial charge in [0.15, 0.2) is 0 Å². The van der Waals surface area contributed by atoms with E-state index in [1.165, 1.54) is 4.90 Å². The highest BCUT2D eigenvalue weighted by molar-refractivity contribution is 7.87. The van der Waals surface area contributed by atoms with Crippen molar-refractivity contribution in [1.82, 2.24) is 9.55 Å². The molecule has 1 aromatic heterocycles. The molecular weight excluding hydrogens is 309 g/mol. The van der Waals surface area contributed by atoms with Gasteiger partial charge < -0.3 is 9.47 Å². The Balaban J connectivity index is 1.74. The number of hydrogen-bond donors (Lipinski definition) is 0. The minimum Gasteiger partial charge on any atom is -0.333 e. The van der Waals surface area contributed by atoms with E-state index in [0.29, 0.717) is 12.2 Å². The summed E-state index contributed by atoms with van der Waals surface area (Å²) in [6, 6.07) is 7.16. The SMILES string of the molecule is O=C1CC(S(=O)(=O)F)CN1c1ccc(Cn2ccnc2)cc1. The first-order chi connectivity index (χ1) is 10.4. The number of imidazole rings is 1. The fourth-order valence-corrected chi connectivity index (χ4v) is 3.15. The van der Waals surface area contributed by atoms with Crippen molar-refractivity contribution in [1.29, 1.82) is 0 Å². The lowest BCUT2D eigenvalue weighted by Crippen LogP contribution is -2.26. The smallest absolute Gasteiger partial charge is 0.307 e. The molecule has 1 aliphatic rings. The van der Waals surface area contributed by atoms with Crippen LogP contribution < -0.4 is 4.90 Å². The molecule has 1 unspecified atom stereocenters. The van der Waals surface area contributed by atoms with Gasteiger partial charge in [0.2, 0.25) is 5.91 Å². The van der Waals surface area contributed by atoms with Crippen LogP contribution in [-0.4, -0.2) is 35.7 Å². The number of halogens is 1. The summed E-state index contributed by atoms with van der Waals surface area (Å²) in [5, 5.41) is -1.27. The van der Waals surface area contributed by atoms with E-state index in [0.717, 1.165) is 5.56 Å². The molecule has 2 heterocycles. The molecule has 0 aliphatic carbocycles. The first-order valence-electron chi connectivity index (χ1n) is 6.72. The van der Waals surface area contributed by atoms with E-state index in [9.17, 15) is 17.1 Å². The highest BCUT2D eigenvalue weighted by Crippen LogP contribution is 2.26. The van der Waals surface area contributed by atoms with E-state index >= 15 is 0 Å². The Morgan fingerprint density at radius 3 is 2.55 bits per heavy atom. The van der Waals surface area contributed by atoms with Crippen molar-refractivity contribution in [2.75, 3.05) is 11.4 Å². The van der Waals surface area contributed by atoms with E-state index in [4.69, 9.17) is 0 Å². The molecule has 1 amide bonds. The lowest BCUT2D eigenvalue weighted by atomic mass is 10.2. The fourth-order valence-electron chi connectivity index (χ4n) is 2.49. The Kier molecular flexibility index (Phi) is 3.69. The monoisotopic (exact) mass is 323 g/mol. The van der Waals surface area contributed by atoms with Crippen molar-refractivity contribution in [3.63, 3.8) is 0 Å². The van der Waals surface area contributed by atoms with Gasteiger partial charge in [0.25, 0.3) is 0 Å². The maximum absolute atomic E-state index is 13.0. The average molecular weight is 323 g/mol. The van der Waals surface area contributed by atoms with Gasteiger partial charge >= 0.3 is 10.2 Å². The Labute approximate surface area is 127 Å². The molecule has 0 bridgehead atoms. The van der Waals surface area contributed by atoms with Gasteiger partial charge in [-0.05, 0) is 17.7 Å². The molecule has 1 fully saturated rings. The van der Waals surface area contributed by atoms with Crippen LogP contribution in [0.15, 0.2) is 43.0 Å². The van der Waals surface area contributed by atoms with Gasteiger partial charge in [-0.1, -0.05) is 12.1 Å². The van der Waals surface area contributed by atoms with Crippen molar-refractivity contribution >= 4 is 21.8 Å². The number of carbonyl (C=O) groups is 1. The molecule has 1 aliphatic heterocycles. The quantitative estimate of drug-likeness (QED) is 0.796. The van der Waals surface area contributed by atoms with Gasteiger partial charge in [0.05, 0.1) is 6.33 Å². The van der Waals surface area contributed by atoms with Crippen LogP contribution in [0.2, 0.25) is 0 Å². The highest BCUT2D eigenvalue weighted by Gasteiger charge is 2.38. The number of nitrogens with zero attached hydrogens (tertiary/aromatic N) is 3. The number of aromatic nitrogens is 2. The summed E-state index contributed by atoms with van der Waals surface area (Å²) in [6.45, 7) is 0.508. The van der Waals surface area contributed by atoms with Crippen LogP contribution in [0, 0.1) is 0 Å². The molecule has 0 saturated carbocycles. The molecule has 22 heavy (non-hydrogen) atoms. The highest BCUT2D eigenvalue weighted by atomic mass is 32.3. The molecule has 2 aromatic rings. The molecule has 1 saturated heterocycles. The zero-order chi connectivity index (χ0) is 15.7. The van der Waals surface area contributed by atoms with E-state index in [1.54, 1.807) is 24.7 Å². The third kappa shape index (κ3) is 3.01. The van der Waals surface area contributed by atoms with E-state index in [-0.39, 0.29) is 18.9 Å². The minimum atomic E-state index is -4.69. The van der Waals surface area contributed by atoms with Crippen molar-refractivity contribution in [3.8, 4) is 0 Å². The first-order valence-corrected chi connectivity index (χ1v) is 8.16. The zero-order valence-corrected chi connectivity index (χ0v) is 12.4. The molecule has 0 radical (unpaired) electrons. The summed E-state index contributed by atoms with van der Waals surface area (Å²) < 4.78 is 36.8. The zero-order valence-electron chi connectivity index (χ0n) is 11.6. The van der Waals surface area contributed by atoms with Crippen LogP contribution in [-0.2, 0) is 21.6 Å². The molecule has 1 atom stereocenters. The summed E-state index contributed by atoms with van der Waals surface area (Å²) >= 11 is 0.